The molecule has 0 bridgehead atoms. The Morgan fingerprint density at radius 1 is 1.08 bits per heavy atom. The third-order valence-corrected chi connectivity index (χ3v) is 2.89. The first-order valence-electron chi connectivity index (χ1n) is 4.62. The van der Waals surface area contributed by atoms with Crippen LogP contribution in [0.4, 0.5) is 0 Å². The summed E-state index contributed by atoms with van der Waals surface area (Å²) in [6.07, 6.45) is 7.23. The summed E-state index contributed by atoms with van der Waals surface area (Å²) in [6, 6.07) is 0. The van der Waals surface area contributed by atoms with Gasteiger partial charge >= 0.3 is 0 Å². The summed E-state index contributed by atoms with van der Waals surface area (Å²) in [6.45, 7) is 7.76. The van der Waals surface area contributed by atoms with Crippen LogP contribution in [-0.4, -0.2) is 26.2 Å². The van der Waals surface area contributed by atoms with E-state index in [0.717, 1.165) is 32.5 Å². The first-order chi connectivity index (χ1) is 5.62. The summed E-state index contributed by atoms with van der Waals surface area (Å²) in [4.78, 5) is 0. The molecule has 0 fully saturated rings. The Labute approximate surface area is 76.4 Å². The van der Waals surface area contributed by atoms with Crippen LogP contribution in [0.15, 0.2) is 0 Å². The predicted octanol–water partition coefficient (Wildman–Crippen LogP) is 3.14. The van der Waals surface area contributed by atoms with Crippen LogP contribution in [0.1, 0.15) is 33.1 Å². The van der Waals surface area contributed by atoms with Crippen LogP contribution >= 0.6 is 7.34 Å². The molecule has 0 N–H and O–H groups in total. The van der Waals surface area contributed by atoms with Gasteiger partial charge in [-0.05, 0) is 12.8 Å². The summed E-state index contributed by atoms with van der Waals surface area (Å²) < 4.78 is 11.1. The maximum absolute atomic E-state index is 5.55. The second-order valence-corrected chi connectivity index (χ2v) is 5.58. The molecule has 0 aromatic carbocycles. The van der Waals surface area contributed by atoms with E-state index in [9.17, 15) is 0 Å². The van der Waals surface area contributed by atoms with Gasteiger partial charge in [-0.2, -0.15) is 0 Å². The molecule has 0 spiro atoms. The molecule has 3 heteroatoms. The molecule has 0 rings (SSSR count). The van der Waals surface area contributed by atoms with E-state index in [1.807, 2.05) is 6.66 Å². The van der Waals surface area contributed by atoms with Crippen LogP contribution in [0.25, 0.3) is 0 Å². The average molecular weight is 192 g/mol. The quantitative estimate of drug-likeness (QED) is 0.455. The standard InChI is InChI=1S/C9H21O2P/c1-5-7-9-11-12(3,4)10-8-6-2/h3,5-9H2,1-2,4H3. The van der Waals surface area contributed by atoms with Gasteiger partial charge in [0, 0.05) is 6.66 Å². The number of rotatable bonds is 7. The lowest BCUT2D eigenvalue weighted by molar-refractivity contribution is 0.246. The Hall–Kier alpha value is 0.220. The zero-order chi connectivity index (χ0) is 9.45. The minimum absolute atomic E-state index is 0.764. The summed E-state index contributed by atoms with van der Waals surface area (Å²) >= 11 is 0. The van der Waals surface area contributed by atoms with Crippen LogP contribution in [0, 0.1) is 0 Å². The molecule has 2 nitrogen and oxygen atoms in total. The molecule has 0 aliphatic carbocycles. The van der Waals surface area contributed by atoms with Gasteiger partial charge in [-0.25, -0.2) is 0 Å². The van der Waals surface area contributed by atoms with E-state index >= 15 is 0 Å². The normalized spacial score (nSPS) is 15.9. The highest BCUT2D eigenvalue weighted by Crippen LogP contribution is 2.43. The summed E-state index contributed by atoms with van der Waals surface area (Å²) in [5, 5.41) is 0. The van der Waals surface area contributed by atoms with E-state index < -0.39 is 7.34 Å². The second kappa shape index (κ2) is 6.71. The molecule has 12 heavy (non-hydrogen) atoms. The smallest absolute Gasteiger partial charge is 0.114 e. The molecule has 0 aliphatic heterocycles. The Balaban J connectivity index is 3.49. The van der Waals surface area contributed by atoms with Crippen molar-refractivity contribution in [3.63, 3.8) is 0 Å². The molecule has 0 saturated heterocycles. The zero-order valence-corrected chi connectivity index (χ0v) is 9.40. The van der Waals surface area contributed by atoms with E-state index in [0.29, 0.717) is 0 Å². The van der Waals surface area contributed by atoms with E-state index in [1.54, 1.807) is 0 Å². The van der Waals surface area contributed by atoms with E-state index in [-0.39, 0.29) is 0 Å². The Kier molecular flexibility index (Phi) is 6.83. The maximum Gasteiger partial charge on any atom is 0.114 e. The van der Waals surface area contributed by atoms with Gasteiger partial charge in [0.1, 0.15) is 7.34 Å². The van der Waals surface area contributed by atoms with Crippen LogP contribution in [-0.2, 0) is 9.05 Å². The number of hydrogen-bond acceptors (Lipinski definition) is 2. The fraction of sp³-hybridized carbons (Fsp3) is 0.889. The molecule has 0 saturated carbocycles. The van der Waals surface area contributed by atoms with Crippen molar-refractivity contribution in [2.24, 2.45) is 0 Å². The highest BCUT2D eigenvalue weighted by Gasteiger charge is 2.06. The lowest BCUT2D eigenvalue weighted by atomic mass is 10.4. The van der Waals surface area contributed by atoms with Crippen molar-refractivity contribution in [1.82, 2.24) is 0 Å². The molecule has 0 aliphatic rings. The van der Waals surface area contributed by atoms with Gasteiger partial charge in [0.05, 0.1) is 13.2 Å². The largest absolute Gasteiger partial charge is 0.338 e. The summed E-state index contributed by atoms with van der Waals surface area (Å²) in [7, 11) is -1.74. The first-order valence-corrected chi connectivity index (χ1v) is 6.88. The lowest BCUT2D eigenvalue weighted by Crippen LogP contribution is -1.97. The minimum atomic E-state index is -1.74. The lowest BCUT2D eigenvalue weighted by Gasteiger charge is -2.19. The summed E-state index contributed by atoms with van der Waals surface area (Å²) in [5.41, 5.74) is 0. The van der Waals surface area contributed by atoms with Gasteiger partial charge < -0.3 is 9.05 Å². The van der Waals surface area contributed by atoms with Crippen molar-refractivity contribution in [3.05, 3.63) is 0 Å². The SMILES string of the molecule is C=P(C)(OCCC)OCCCC. The maximum atomic E-state index is 5.55. The van der Waals surface area contributed by atoms with Crippen LogP contribution in [0.3, 0.4) is 0 Å². The molecule has 0 radical (unpaired) electrons. The van der Waals surface area contributed by atoms with Gasteiger partial charge in [0.15, 0.2) is 0 Å². The number of hydrogen-bond donors (Lipinski definition) is 0. The van der Waals surface area contributed by atoms with Crippen LogP contribution in [0.2, 0.25) is 0 Å². The highest BCUT2D eigenvalue weighted by molar-refractivity contribution is 7.63. The van der Waals surface area contributed by atoms with E-state index in [2.05, 4.69) is 20.1 Å². The van der Waals surface area contributed by atoms with E-state index in [4.69, 9.17) is 9.05 Å². The summed E-state index contributed by atoms with van der Waals surface area (Å²) in [5.74, 6) is 0. The molecular weight excluding hydrogens is 171 g/mol. The van der Waals surface area contributed by atoms with Crippen LogP contribution < -0.4 is 0 Å². The molecule has 1 atom stereocenters. The molecule has 0 amide bonds. The van der Waals surface area contributed by atoms with Crippen molar-refractivity contribution >= 4 is 13.6 Å². The molecular formula is C9H21O2P. The van der Waals surface area contributed by atoms with Crippen molar-refractivity contribution in [3.8, 4) is 0 Å². The minimum Gasteiger partial charge on any atom is -0.338 e. The fourth-order valence-corrected chi connectivity index (χ4v) is 1.88. The monoisotopic (exact) mass is 192 g/mol. The first kappa shape index (κ1) is 12.2. The van der Waals surface area contributed by atoms with Crippen molar-refractivity contribution in [2.45, 2.75) is 33.1 Å². The highest BCUT2D eigenvalue weighted by atomic mass is 31.2. The van der Waals surface area contributed by atoms with Gasteiger partial charge in [0.2, 0.25) is 0 Å². The molecule has 74 valence electrons. The fourth-order valence-electron chi connectivity index (χ4n) is 0.724. The topological polar surface area (TPSA) is 18.5 Å². The number of unbranched alkanes of at least 4 members (excludes halogenated alkanes) is 1. The van der Waals surface area contributed by atoms with Gasteiger partial charge in [0.25, 0.3) is 0 Å². The zero-order valence-electron chi connectivity index (χ0n) is 8.51. The van der Waals surface area contributed by atoms with Crippen LogP contribution in [0.5, 0.6) is 0 Å². The Morgan fingerprint density at radius 2 is 1.67 bits per heavy atom. The third kappa shape index (κ3) is 6.90. The third-order valence-electron chi connectivity index (χ3n) is 1.43. The van der Waals surface area contributed by atoms with Crippen molar-refractivity contribution < 1.29 is 9.05 Å². The van der Waals surface area contributed by atoms with Gasteiger partial charge in [-0.1, -0.05) is 26.6 Å². The molecule has 0 heterocycles. The molecule has 0 aromatic heterocycles. The average Bonchev–Trinajstić information content (AvgIpc) is 2.01. The Morgan fingerprint density at radius 3 is 2.17 bits per heavy atom. The molecule has 1 unspecified atom stereocenters. The predicted molar refractivity (Wildman–Crippen MR) is 57.1 cm³/mol. The molecule has 0 aromatic rings. The Bertz CT molecular complexity index is 145. The van der Waals surface area contributed by atoms with E-state index in [1.165, 1.54) is 0 Å². The van der Waals surface area contributed by atoms with Crippen molar-refractivity contribution in [2.75, 3.05) is 19.9 Å². The van der Waals surface area contributed by atoms with Gasteiger partial charge in [-0.15, -0.1) is 0 Å². The van der Waals surface area contributed by atoms with Crippen molar-refractivity contribution in [1.29, 1.82) is 0 Å². The van der Waals surface area contributed by atoms with Gasteiger partial charge in [-0.3, -0.25) is 0 Å². The second-order valence-electron chi connectivity index (χ2n) is 3.03.